The first kappa shape index (κ1) is 40.3. The highest BCUT2D eigenvalue weighted by Crippen LogP contribution is 2.63. The third kappa shape index (κ3) is 6.01. The van der Waals surface area contributed by atoms with Gasteiger partial charge in [0.1, 0.15) is 23.0 Å². The molecule has 1 saturated carbocycles. The van der Waals surface area contributed by atoms with Crippen LogP contribution in [-0.2, 0) is 41.6 Å². The number of phenolic OH excluding ortho intramolecular Hbond substituents is 1. The Bertz CT molecular complexity index is 3050. The van der Waals surface area contributed by atoms with Crippen molar-refractivity contribution in [3.8, 4) is 23.0 Å². The summed E-state index contributed by atoms with van der Waals surface area (Å²) in [6.45, 7) is -0.305. The third-order valence-corrected chi connectivity index (χ3v) is 12.6. The van der Waals surface area contributed by atoms with E-state index >= 15 is 4.79 Å². The number of amides is 2. The standard InChI is InChI=1S/C44H39ClFN7O9/c1-49-34-22-37(62-4)36(61-3)21-32(34)47-31(40(49)56)16-17-50-42(58)51-18-15-28-33(53(51)43(50)59)20-30-39(55)52(48-26-11-9-25(46)10-12-26)41(57)44(30,23-5-7-24(45)8-6-23)38(28)29-14-13-27(60-2)19-35(29)54/h5-15,19,21-22,30,33,38,48,54H,16-18,20H2,1-4H3/t30-,33+,38+,44+/m0/s1. The number of aromatic nitrogens is 5. The normalized spacial score (nSPS) is 20.4. The SMILES string of the molecule is COc1ccc([C@H]2C3=CCn4c(=O)n(CCc5nc6cc(OC)c(OC)cc6n(C)c5=O)c(=O)n4[C@@H]3C[C@H]3C(=O)N(Nc4ccc(F)cc4)C(=O)[C@@]23c2ccc(Cl)cc2)c(O)c1. The molecule has 9 rings (SSSR count). The van der Waals surface area contributed by atoms with Gasteiger partial charge in [0.2, 0.25) is 0 Å². The van der Waals surface area contributed by atoms with Gasteiger partial charge in [-0.3, -0.25) is 19.8 Å². The number of fused-ring (bicyclic) bond motifs is 5. The number of hydrogen-bond donors (Lipinski definition) is 2. The molecule has 1 aliphatic carbocycles. The summed E-state index contributed by atoms with van der Waals surface area (Å²) in [6.07, 6.45) is 1.56. The van der Waals surface area contributed by atoms with Crippen molar-refractivity contribution in [3.05, 3.63) is 149 Å². The number of anilines is 1. The summed E-state index contributed by atoms with van der Waals surface area (Å²) in [5.41, 5.74) is 1.86. The molecule has 2 amide bonds. The Kier molecular flexibility index (Phi) is 9.80. The highest BCUT2D eigenvalue weighted by Gasteiger charge is 2.69. The second kappa shape index (κ2) is 15.1. The summed E-state index contributed by atoms with van der Waals surface area (Å²) in [7, 11) is 5.99. The molecule has 2 fully saturated rings. The Balaban J connectivity index is 1.18. The molecule has 4 aromatic carbocycles. The van der Waals surface area contributed by atoms with Gasteiger partial charge in [-0.2, -0.15) is 5.01 Å². The predicted molar refractivity (Wildman–Crippen MR) is 224 cm³/mol. The highest BCUT2D eigenvalue weighted by atomic mass is 35.5. The molecule has 0 spiro atoms. The second-order valence-electron chi connectivity index (χ2n) is 15.4. The Labute approximate surface area is 356 Å². The van der Waals surface area contributed by atoms with Crippen LogP contribution in [0.25, 0.3) is 11.0 Å². The number of allylic oxidation sites excluding steroid dienone is 2. The molecule has 62 heavy (non-hydrogen) atoms. The topological polar surface area (TPSA) is 181 Å². The van der Waals surface area contributed by atoms with Crippen LogP contribution in [0.5, 0.6) is 23.0 Å². The van der Waals surface area contributed by atoms with Crippen LogP contribution in [-0.4, -0.2) is 66.7 Å². The predicted octanol–water partition coefficient (Wildman–Crippen LogP) is 4.44. The number of rotatable bonds is 10. The number of carbonyl (C=O) groups is 2. The lowest BCUT2D eigenvalue weighted by Gasteiger charge is -2.49. The van der Waals surface area contributed by atoms with Crippen LogP contribution < -0.4 is 36.6 Å². The van der Waals surface area contributed by atoms with Crippen molar-refractivity contribution < 1.29 is 33.3 Å². The van der Waals surface area contributed by atoms with Gasteiger partial charge in [0.25, 0.3) is 17.4 Å². The molecule has 18 heteroatoms. The molecule has 0 bridgehead atoms. The quantitative estimate of drug-likeness (QED) is 0.147. The first-order valence-electron chi connectivity index (χ1n) is 19.6. The average molecular weight is 864 g/mol. The van der Waals surface area contributed by atoms with Crippen LogP contribution in [0.15, 0.2) is 105 Å². The number of halogens is 2. The van der Waals surface area contributed by atoms with E-state index in [0.717, 1.165) is 9.58 Å². The zero-order valence-electron chi connectivity index (χ0n) is 33.8. The number of nitrogens with zero attached hydrogens (tertiary/aromatic N) is 6. The Morgan fingerprint density at radius 1 is 0.903 bits per heavy atom. The molecule has 2 aromatic heterocycles. The van der Waals surface area contributed by atoms with Gasteiger partial charge >= 0.3 is 11.4 Å². The van der Waals surface area contributed by atoms with Crippen molar-refractivity contribution in [2.75, 3.05) is 26.8 Å². The number of carbonyl (C=O) groups excluding carboxylic acids is 2. The van der Waals surface area contributed by atoms with Crippen LogP contribution in [0.4, 0.5) is 10.1 Å². The molecule has 6 aromatic rings. The lowest BCUT2D eigenvalue weighted by atomic mass is 9.53. The lowest BCUT2D eigenvalue weighted by Crippen LogP contribution is -2.53. The van der Waals surface area contributed by atoms with E-state index in [0.29, 0.717) is 44.4 Å². The lowest BCUT2D eigenvalue weighted by molar-refractivity contribution is -0.138. The number of ether oxygens (including phenoxy) is 3. The van der Waals surface area contributed by atoms with E-state index in [1.165, 1.54) is 65.6 Å². The monoisotopic (exact) mass is 863 g/mol. The number of nitrogens with one attached hydrogen (secondary N) is 1. The summed E-state index contributed by atoms with van der Waals surface area (Å²) >= 11 is 6.37. The fourth-order valence-electron chi connectivity index (χ4n) is 9.48. The minimum atomic E-state index is -1.73. The zero-order valence-corrected chi connectivity index (χ0v) is 34.6. The first-order valence-corrected chi connectivity index (χ1v) is 20.0. The number of benzene rings is 4. The van der Waals surface area contributed by atoms with Crippen LogP contribution in [0.3, 0.4) is 0 Å². The second-order valence-corrected chi connectivity index (χ2v) is 15.8. The van der Waals surface area contributed by atoms with E-state index in [4.69, 9.17) is 25.8 Å². The fourth-order valence-corrected chi connectivity index (χ4v) is 9.61. The molecule has 4 atom stereocenters. The van der Waals surface area contributed by atoms with E-state index in [1.54, 1.807) is 61.7 Å². The maximum absolute atomic E-state index is 15.3. The Morgan fingerprint density at radius 2 is 1.61 bits per heavy atom. The summed E-state index contributed by atoms with van der Waals surface area (Å²) in [5.74, 6) is -3.19. The molecule has 1 saturated heterocycles. The molecular weight excluding hydrogens is 825 g/mol. The highest BCUT2D eigenvalue weighted by molar-refractivity contribution is 6.30. The number of aromatic hydroxyl groups is 1. The molecule has 3 aliphatic rings. The molecule has 318 valence electrons. The van der Waals surface area contributed by atoms with Gasteiger partial charge in [-0.25, -0.2) is 32.9 Å². The summed E-state index contributed by atoms with van der Waals surface area (Å²) in [4.78, 5) is 77.2. The molecule has 2 aliphatic heterocycles. The van der Waals surface area contributed by atoms with Gasteiger partial charge in [-0.1, -0.05) is 35.9 Å². The maximum atomic E-state index is 15.3. The smallest absolute Gasteiger partial charge is 0.347 e. The largest absolute Gasteiger partial charge is 0.508 e. The number of methoxy groups -OCH3 is 3. The molecule has 0 unspecified atom stereocenters. The van der Waals surface area contributed by atoms with Crippen molar-refractivity contribution in [2.24, 2.45) is 13.0 Å². The molecular formula is C44H39ClFN7O9. The van der Waals surface area contributed by atoms with Gasteiger partial charge in [0, 0.05) is 54.7 Å². The van der Waals surface area contributed by atoms with Crippen molar-refractivity contribution in [1.82, 2.24) is 28.5 Å². The van der Waals surface area contributed by atoms with Crippen molar-refractivity contribution in [3.63, 3.8) is 0 Å². The number of imide groups is 1. The molecule has 0 radical (unpaired) electrons. The third-order valence-electron chi connectivity index (χ3n) is 12.4. The number of phenols is 1. The zero-order chi connectivity index (χ0) is 43.8. The van der Waals surface area contributed by atoms with Gasteiger partial charge in [-0.05, 0) is 60.0 Å². The van der Waals surface area contributed by atoms with E-state index in [9.17, 15) is 28.7 Å². The number of hydrogen-bond acceptors (Lipinski definition) is 11. The van der Waals surface area contributed by atoms with Crippen molar-refractivity contribution in [2.45, 2.75) is 43.3 Å². The minimum Gasteiger partial charge on any atom is -0.508 e. The van der Waals surface area contributed by atoms with Gasteiger partial charge < -0.3 is 23.9 Å². The van der Waals surface area contributed by atoms with Crippen LogP contribution in [0.1, 0.15) is 35.2 Å². The van der Waals surface area contributed by atoms with Gasteiger partial charge in [0.15, 0.2) is 11.5 Å². The van der Waals surface area contributed by atoms with Crippen LogP contribution >= 0.6 is 11.6 Å². The summed E-state index contributed by atoms with van der Waals surface area (Å²) < 4.78 is 35.2. The van der Waals surface area contributed by atoms with Crippen LogP contribution in [0.2, 0.25) is 5.02 Å². The minimum absolute atomic E-state index is 0.0806. The van der Waals surface area contributed by atoms with E-state index in [1.807, 2.05) is 0 Å². The van der Waals surface area contributed by atoms with E-state index in [2.05, 4.69) is 10.4 Å². The number of hydrazine groups is 1. The van der Waals surface area contributed by atoms with Gasteiger partial charge in [-0.15, -0.1) is 0 Å². The number of aryl methyl sites for hydroxylation is 2. The fraction of sp³-hybridized carbons (Fsp3) is 0.273. The molecule has 4 heterocycles. The van der Waals surface area contributed by atoms with Crippen molar-refractivity contribution in [1.29, 1.82) is 0 Å². The van der Waals surface area contributed by atoms with Crippen LogP contribution in [0, 0.1) is 11.7 Å². The Morgan fingerprint density at radius 3 is 2.29 bits per heavy atom. The summed E-state index contributed by atoms with van der Waals surface area (Å²) in [5, 5.41) is 13.0. The Hall–Kier alpha value is -7.14. The van der Waals surface area contributed by atoms with E-state index in [-0.39, 0.29) is 48.6 Å². The molecule has 2 N–H and O–H groups in total. The maximum Gasteiger partial charge on any atom is 0.347 e. The van der Waals surface area contributed by atoms with Crippen molar-refractivity contribution >= 4 is 40.1 Å². The summed E-state index contributed by atoms with van der Waals surface area (Å²) in [6, 6.07) is 18.6. The molecule has 16 nitrogen and oxygen atoms in total. The van der Waals surface area contributed by atoms with Gasteiger partial charge in [0.05, 0.1) is 62.0 Å². The average Bonchev–Trinajstić information content (AvgIpc) is 3.64. The first-order chi connectivity index (χ1) is 29.8. The van der Waals surface area contributed by atoms with E-state index < -0.39 is 57.9 Å².